The van der Waals surface area contributed by atoms with Gasteiger partial charge in [0.05, 0.1) is 15.1 Å². The normalized spacial score (nSPS) is 14.1. The Labute approximate surface area is 222 Å². The van der Waals surface area contributed by atoms with Crippen LogP contribution >= 0.6 is 23.1 Å². The average Bonchev–Trinajstić information content (AvgIpc) is 3.62. The Morgan fingerprint density at radius 1 is 0.919 bits per heavy atom. The number of nitro groups is 1. The van der Waals surface area contributed by atoms with Crippen LogP contribution in [0.2, 0.25) is 0 Å². The lowest BCUT2D eigenvalue weighted by Gasteiger charge is -2.31. The zero-order valence-corrected chi connectivity index (χ0v) is 22.0. The number of anilines is 2. The second-order valence-corrected chi connectivity index (χ2v) is 11.4. The highest BCUT2D eigenvalue weighted by molar-refractivity contribution is 8.01. The third-order valence-electron chi connectivity index (χ3n) is 6.51. The van der Waals surface area contributed by atoms with E-state index < -0.39 is 0 Å². The summed E-state index contributed by atoms with van der Waals surface area (Å²) in [7, 11) is 0. The summed E-state index contributed by atoms with van der Waals surface area (Å²) in [6.07, 6.45) is -0.0854. The van der Waals surface area contributed by atoms with Crippen molar-refractivity contribution in [2.45, 2.75) is 29.4 Å². The van der Waals surface area contributed by atoms with E-state index in [-0.39, 0.29) is 16.8 Å². The lowest BCUT2D eigenvalue weighted by Crippen LogP contribution is -2.30. The van der Waals surface area contributed by atoms with E-state index in [0.717, 1.165) is 49.9 Å². The van der Waals surface area contributed by atoms with Crippen LogP contribution in [-0.4, -0.2) is 23.0 Å². The molecular formula is C28H24N4O3S2. The summed E-state index contributed by atoms with van der Waals surface area (Å²) >= 11 is 2.87. The largest absolute Gasteiger partial charge is 0.450 e. The quantitative estimate of drug-likeness (QED) is 0.166. The van der Waals surface area contributed by atoms with Crippen molar-refractivity contribution < 1.29 is 9.34 Å². The van der Waals surface area contributed by atoms with Crippen LogP contribution in [0.1, 0.15) is 23.1 Å². The fraction of sp³-hybridized carbons (Fsp3) is 0.179. The van der Waals surface area contributed by atoms with Gasteiger partial charge in [-0.05, 0) is 68.1 Å². The molecule has 0 aliphatic carbocycles. The maximum absolute atomic E-state index is 11.1. The van der Waals surface area contributed by atoms with Gasteiger partial charge in [0, 0.05) is 36.6 Å². The monoisotopic (exact) mass is 528 g/mol. The molecule has 0 N–H and O–H groups in total. The Hall–Kier alpha value is -3.82. The standard InChI is InChI=1S/C28H24N4O3S2/c1-18-3-7-20(8-4-18)30-15-16-31(21-9-5-19(2)6-10-21)27(30)24-13-14-26(35-24)37-28-29-23-12-11-22(32(33)34)17-25(23)36-28/h3-14,17,27H,15-16H2,1-2H3. The number of thiazole rings is 1. The Kier molecular flexibility index (Phi) is 6.10. The van der Waals surface area contributed by atoms with Crippen molar-refractivity contribution in [3.05, 3.63) is 106 Å². The van der Waals surface area contributed by atoms with Gasteiger partial charge in [0.1, 0.15) is 5.76 Å². The number of benzene rings is 3. The maximum Gasteiger partial charge on any atom is 0.270 e. The van der Waals surface area contributed by atoms with Crippen LogP contribution in [0.4, 0.5) is 17.1 Å². The predicted molar refractivity (Wildman–Crippen MR) is 149 cm³/mol. The molecule has 6 rings (SSSR count). The van der Waals surface area contributed by atoms with Crippen LogP contribution in [0, 0.1) is 24.0 Å². The first-order valence-corrected chi connectivity index (χ1v) is 13.6. The number of nitro benzene ring substituents is 1. The molecule has 9 heteroatoms. The molecule has 0 bridgehead atoms. The number of aryl methyl sites for hydroxylation is 2. The van der Waals surface area contributed by atoms with Crippen LogP contribution < -0.4 is 9.80 Å². The van der Waals surface area contributed by atoms with Crippen LogP contribution in [0.25, 0.3) is 10.2 Å². The Balaban J connectivity index is 1.31. The molecule has 1 fully saturated rings. The molecule has 2 aromatic heterocycles. The second-order valence-electron chi connectivity index (χ2n) is 9.08. The minimum Gasteiger partial charge on any atom is -0.450 e. The second kappa shape index (κ2) is 9.57. The highest BCUT2D eigenvalue weighted by Crippen LogP contribution is 2.41. The van der Waals surface area contributed by atoms with E-state index in [1.807, 2.05) is 12.1 Å². The fourth-order valence-electron chi connectivity index (χ4n) is 4.61. The van der Waals surface area contributed by atoms with E-state index in [1.165, 1.54) is 40.3 Å². The zero-order valence-electron chi connectivity index (χ0n) is 20.3. The number of rotatable bonds is 6. The molecule has 0 saturated carbocycles. The number of nitrogens with zero attached hydrogens (tertiary/aromatic N) is 4. The van der Waals surface area contributed by atoms with Crippen molar-refractivity contribution in [1.29, 1.82) is 0 Å². The summed E-state index contributed by atoms with van der Waals surface area (Å²) in [5.74, 6) is 0.859. The van der Waals surface area contributed by atoms with Crippen molar-refractivity contribution in [1.82, 2.24) is 4.98 Å². The lowest BCUT2D eigenvalue weighted by molar-refractivity contribution is -0.384. The number of furan rings is 1. The van der Waals surface area contributed by atoms with E-state index in [9.17, 15) is 10.1 Å². The van der Waals surface area contributed by atoms with Gasteiger partial charge < -0.3 is 14.2 Å². The SMILES string of the molecule is Cc1ccc(N2CCN(c3ccc(C)cc3)C2c2ccc(Sc3nc4ccc([N+](=O)[O-])cc4s3)o2)cc1. The number of non-ortho nitro benzene ring substituents is 1. The maximum atomic E-state index is 11.1. The van der Waals surface area contributed by atoms with Crippen molar-refractivity contribution in [2.75, 3.05) is 22.9 Å². The number of hydrogen-bond donors (Lipinski definition) is 0. The van der Waals surface area contributed by atoms with Gasteiger partial charge in [-0.3, -0.25) is 10.1 Å². The minimum atomic E-state index is -0.383. The molecule has 5 aromatic rings. The first kappa shape index (κ1) is 23.6. The van der Waals surface area contributed by atoms with Crippen molar-refractivity contribution >= 4 is 50.4 Å². The van der Waals surface area contributed by atoms with Gasteiger partial charge in [0.2, 0.25) is 0 Å². The molecule has 1 aliphatic heterocycles. The molecule has 186 valence electrons. The molecule has 3 aromatic carbocycles. The Bertz CT molecular complexity index is 1520. The van der Waals surface area contributed by atoms with Crippen molar-refractivity contribution in [3.63, 3.8) is 0 Å². The van der Waals surface area contributed by atoms with Gasteiger partial charge in [0.15, 0.2) is 15.6 Å². The van der Waals surface area contributed by atoms with Gasteiger partial charge in [-0.2, -0.15) is 0 Å². The average molecular weight is 529 g/mol. The molecule has 0 amide bonds. The molecular weight excluding hydrogens is 504 g/mol. The molecule has 37 heavy (non-hydrogen) atoms. The highest BCUT2D eigenvalue weighted by atomic mass is 32.2. The molecule has 0 spiro atoms. The topological polar surface area (TPSA) is 75.7 Å². The predicted octanol–water partition coefficient (Wildman–Crippen LogP) is 7.59. The van der Waals surface area contributed by atoms with Gasteiger partial charge in [0.25, 0.3) is 5.69 Å². The van der Waals surface area contributed by atoms with E-state index in [1.54, 1.807) is 12.1 Å². The van der Waals surface area contributed by atoms with Crippen molar-refractivity contribution in [3.8, 4) is 0 Å². The summed E-state index contributed by atoms with van der Waals surface area (Å²) in [6.45, 7) is 5.95. The summed E-state index contributed by atoms with van der Waals surface area (Å²) in [6, 6.07) is 26.0. The summed E-state index contributed by atoms with van der Waals surface area (Å²) < 4.78 is 7.99. The first-order chi connectivity index (χ1) is 17.9. The fourth-order valence-corrected chi connectivity index (χ4v) is 6.61. The molecule has 3 heterocycles. The number of fused-ring (bicyclic) bond motifs is 1. The molecule has 7 nitrogen and oxygen atoms in total. The third-order valence-corrected chi connectivity index (χ3v) is 8.51. The summed E-state index contributed by atoms with van der Waals surface area (Å²) in [5.41, 5.74) is 5.59. The number of hydrogen-bond acceptors (Lipinski definition) is 8. The summed E-state index contributed by atoms with van der Waals surface area (Å²) in [4.78, 5) is 20.1. The molecule has 0 radical (unpaired) electrons. The summed E-state index contributed by atoms with van der Waals surface area (Å²) in [5, 5.41) is 11.9. The zero-order chi connectivity index (χ0) is 25.5. The van der Waals surface area contributed by atoms with Crippen molar-refractivity contribution in [2.24, 2.45) is 0 Å². The van der Waals surface area contributed by atoms with Gasteiger partial charge >= 0.3 is 0 Å². The smallest absolute Gasteiger partial charge is 0.270 e. The molecule has 0 atom stereocenters. The third kappa shape index (κ3) is 4.68. The Morgan fingerprint density at radius 3 is 2.14 bits per heavy atom. The van der Waals surface area contributed by atoms with Crippen LogP contribution in [-0.2, 0) is 0 Å². The Morgan fingerprint density at radius 2 is 1.54 bits per heavy atom. The van der Waals surface area contributed by atoms with Gasteiger partial charge in [-0.25, -0.2) is 4.98 Å². The van der Waals surface area contributed by atoms with E-state index in [2.05, 4.69) is 77.2 Å². The van der Waals surface area contributed by atoms with Gasteiger partial charge in [-0.1, -0.05) is 35.4 Å². The van der Waals surface area contributed by atoms with E-state index >= 15 is 0 Å². The van der Waals surface area contributed by atoms with Crippen LogP contribution in [0.5, 0.6) is 0 Å². The minimum absolute atomic E-state index is 0.0709. The number of aromatic nitrogens is 1. The highest BCUT2D eigenvalue weighted by Gasteiger charge is 2.36. The van der Waals surface area contributed by atoms with E-state index in [0.29, 0.717) is 0 Å². The van der Waals surface area contributed by atoms with Gasteiger partial charge in [-0.15, -0.1) is 11.3 Å². The molecule has 1 saturated heterocycles. The van der Waals surface area contributed by atoms with Crippen LogP contribution in [0.15, 0.2) is 92.7 Å². The lowest BCUT2D eigenvalue weighted by atomic mass is 10.2. The molecule has 1 aliphatic rings. The van der Waals surface area contributed by atoms with Crippen LogP contribution in [0.3, 0.4) is 0 Å². The first-order valence-electron chi connectivity index (χ1n) is 11.9. The molecule has 0 unspecified atom stereocenters. The van der Waals surface area contributed by atoms with E-state index in [4.69, 9.17) is 4.42 Å².